The number of nitrogens with zero attached hydrogens (tertiary/aromatic N) is 3. The maximum absolute atomic E-state index is 12.9. The van der Waals surface area contributed by atoms with E-state index in [2.05, 4.69) is 19.7 Å². The summed E-state index contributed by atoms with van der Waals surface area (Å²) < 4.78 is 34.4. The van der Waals surface area contributed by atoms with Gasteiger partial charge in [-0.2, -0.15) is 4.98 Å². The van der Waals surface area contributed by atoms with E-state index in [0.29, 0.717) is 18.6 Å². The number of hydrogen-bond donors (Lipinski definition) is 3. The average Bonchev–Trinajstić information content (AvgIpc) is 3.10. The molecule has 0 aromatic carbocycles. The summed E-state index contributed by atoms with van der Waals surface area (Å²) >= 11 is 0. The molecule has 32 heavy (non-hydrogen) atoms. The maximum Gasteiger partial charge on any atom is 0.337 e. The molecule has 2 atom stereocenters. The van der Waals surface area contributed by atoms with E-state index in [9.17, 15) is 24.1 Å². The van der Waals surface area contributed by atoms with Crippen molar-refractivity contribution in [2.75, 3.05) is 38.5 Å². The highest BCUT2D eigenvalue weighted by Gasteiger charge is 2.27. The Morgan fingerprint density at radius 3 is 2.66 bits per heavy atom. The van der Waals surface area contributed by atoms with Crippen molar-refractivity contribution in [2.24, 2.45) is 5.92 Å². The van der Waals surface area contributed by atoms with Crippen LogP contribution in [0.3, 0.4) is 0 Å². The van der Waals surface area contributed by atoms with Gasteiger partial charge in [-0.05, 0) is 6.42 Å². The Kier molecular flexibility index (Phi) is 9.32. The van der Waals surface area contributed by atoms with Gasteiger partial charge in [-0.1, -0.05) is 0 Å². The predicted molar refractivity (Wildman–Crippen MR) is 111 cm³/mol. The molecule has 15 heteroatoms. The van der Waals surface area contributed by atoms with Crippen molar-refractivity contribution in [3.8, 4) is 0 Å². The number of aromatic nitrogens is 4. The van der Waals surface area contributed by atoms with E-state index < -0.39 is 37.8 Å². The largest absolute Gasteiger partial charge is 0.465 e. The van der Waals surface area contributed by atoms with Gasteiger partial charge in [-0.25, -0.2) is 4.98 Å². The molecule has 0 amide bonds. The summed E-state index contributed by atoms with van der Waals surface area (Å²) in [6, 6.07) is 0. The van der Waals surface area contributed by atoms with Crippen molar-refractivity contribution < 1.29 is 37.8 Å². The van der Waals surface area contributed by atoms with Gasteiger partial charge in [0.1, 0.15) is 6.61 Å². The lowest BCUT2D eigenvalue weighted by Crippen LogP contribution is -2.19. The number of aliphatic hydroxyl groups is 1. The van der Waals surface area contributed by atoms with Crippen LogP contribution in [0.1, 0.15) is 20.3 Å². The predicted octanol–water partition coefficient (Wildman–Crippen LogP) is 0.0104. The topological polar surface area (TPSA) is 198 Å². The number of nitrogens with one attached hydrogen (secondary N) is 1. The van der Waals surface area contributed by atoms with Crippen LogP contribution in [0, 0.1) is 5.92 Å². The Morgan fingerprint density at radius 1 is 1.28 bits per heavy atom. The third-order valence-corrected chi connectivity index (χ3v) is 5.99. The first-order chi connectivity index (χ1) is 15.1. The highest BCUT2D eigenvalue weighted by Crippen LogP contribution is 2.48. The van der Waals surface area contributed by atoms with E-state index in [-0.39, 0.29) is 37.4 Å². The Hall–Kier alpha value is -2.80. The first kappa shape index (κ1) is 25.5. The van der Waals surface area contributed by atoms with Gasteiger partial charge in [0, 0.05) is 32.9 Å². The Bertz CT molecular complexity index is 1010. The standard InChI is InChI=1S/C17H26N5O9P/c1-11(24)28-5-6-32(27,31-10-29-12(2)25)30-8-13(7-23)3-4-22-9-19-14-15(22)20-17(18)21-16(14)26/h9,13,23H,3-8,10H2,1-2H3,(H3,18,20,21,26)/t13-,32?/m1/s1. The van der Waals surface area contributed by atoms with E-state index in [4.69, 9.17) is 19.5 Å². The van der Waals surface area contributed by atoms with Crippen LogP contribution in [0.2, 0.25) is 0 Å². The van der Waals surface area contributed by atoms with Gasteiger partial charge in [0.15, 0.2) is 11.2 Å². The number of H-pyrrole nitrogens is 1. The molecule has 0 bridgehead atoms. The second-order valence-corrected chi connectivity index (χ2v) is 8.94. The van der Waals surface area contributed by atoms with Crippen LogP contribution in [0.15, 0.2) is 11.1 Å². The minimum absolute atomic E-state index is 0.0510. The number of hydrogen-bond acceptors (Lipinski definition) is 12. The number of ether oxygens (including phenoxy) is 2. The zero-order valence-corrected chi connectivity index (χ0v) is 18.6. The zero-order valence-electron chi connectivity index (χ0n) is 17.7. The number of aryl methyl sites for hydroxylation is 1. The minimum Gasteiger partial charge on any atom is -0.465 e. The molecule has 2 aromatic heterocycles. The summed E-state index contributed by atoms with van der Waals surface area (Å²) in [5, 5.41) is 9.69. The molecule has 0 saturated heterocycles. The summed E-state index contributed by atoms with van der Waals surface area (Å²) in [6.45, 7) is 1.40. The second kappa shape index (κ2) is 11.7. The molecule has 4 N–H and O–H groups in total. The zero-order chi connectivity index (χ0) is 23.7. The number of esters is 2. The smallest absolute Gasteiger partial charge is 0.337 e. The summed E-state index contributed by atoms with van der Waals surface area (Å²) in [7, 11) is -3.79. The molecule has 178 valence electrons. The van der Waals surface area contributed by atoms with Crippen LogP contribution in [0.4, 0.5) is 5.95 Å². The van der Waals surface area contributed by atoms with Gasteiger partial charge in [0.25, 0.3) is 5.56 Å². The van der Waals surface area contributed by atoms with Crippen LogP contribution in [0.5, 0.6) is 0 Å². The van der Waals surface area contributed by atoms with Crippen molar-refractivity contribution in [3.63, 3.8) is 0 Å². The lowest BCUT2D eigenvalue weighted by atomic mass is 10.1. The molecule has 0 saturated carbocycles. The molecule has 0 aliphatic rings. The maximum atomic E-state index is 12.9. The average molecular weight is 475 g/mol. The molecule has 0 fully saturated rings. The van der Waals surface area contributed by atoms with Gasteiger partial charge in [-0.3, -0.25) is 28.5 Å². The van der Waals surface area contributed by atoms with Crippen molar-refractivity contribution >= 4 is 36.6 Å². The Balaban J connectivity index is 1.98. The third-order valence-electron chi connectivity index (χ3n) is 4.22. The second-order valence-electron chi connectivity index (χ2n) is 6.75. The summed E-state index contributed by atoms with van der Waals surface area (Å²) in [5.41, 5.74) is 5.53. The number of aliphatic hydroxyl groups excluding tert-OH is 1. The molecule has 2 rings (SSSR count). The van der Waals surface area contributed by atoms with Gasteiger partial charge < -0.3 is 29.4 Å². The van der Waals surface area contributed by atoms with Gasteiger partial charge >= 0.3 is 19.5 Å². The SMILES string of the molecule is CC(=O)OCCP(=O)(OCOC(C)=O)OC[C@@H](CO)CCn1cnc2c(=O)[nH]c(N)nc21. The van der Waals surface area contributed by atoms with E-state index in [1.165, 1.54) is 13.3 Å². The summed E-state index contributed by atoms with van der Waals surface area (Å²) in [4.78, 5) is 44.1. The van der Waals surface area contributed by atoms with Crippen molar-refractivity contribution in [1.29, 1.82) is 0 Å². The monoisotopic (exact) mass is 475 g/mol. The van der Waals surface area contributed by atoms with Crippen molar-refractivity contribution in [2.45, 2.75) is 26.8 Å². The molecule has 0 spiro atoms. The fourth-order valence-electron chi connectivity index (χ4n) is 2.56. The van der Waals surface area contributed by atoms with Crippen molar-refractivity contribution in [3.05, 3.63) is 16.7 Å². The number of anilines is 1. The normalized spacial score (nSPS) is 14.1. The highest BCUT2D eigenvalue weighted by molar-refractivity contribution is 7.53. The Morgan fingerprint density at radius 2 is 2.00 bits per heavy atom. The van der Waals surface area contributed by atoms with Gasteiger partial charge in [0.05, 0.1) is 19.1 Å². The number of nitrogens with two attached hydrogens (primary N) is 1. The molecular formula is C17H26N5O9P. The number of rotatable bonds is 13. The lowest BCUT2D eigenvalue weighted by Gasteiger charge is -2.21. The quantitative estimate of drug-likeness (QED) is 0.199. The molecule has 1 unspecified atom stereocenters. The molecular weight excluding hydrogens is 449 g/mol. The lowest BCUT2D eigenvalue weighted by molar-refractivity contribution is -0.147. The van der Waals surface area contributed by atoms with E-state index >= 15 is 0 Å². The van der Waals surface area contributed by atoms with Crippen LogP contribution < -0.4 is 11.3 Å². The van der Waals surface area contributed by atoms with E-state index in [0.717, 1.165) is 6.92 Å². The molecule has 0 aliphatic carbocycles. The summed E-state index contributed by atoms with van der Waals surface area (Å²) in [6.07, 6.45) is 1.52. The fourth-order valence-corrected chi connectivity index (χ4v) is 3.86. The molecule has 0 radical (unpaired) electrons. The first-order valence-corrected chi connectivity index (χ1v) is 11.3. The van der Waals surface area contributed by atoms with Crippen LogP contribution in [0.25, 0.3) is 11.2 Å². The molecule has 2 heterocycles. The van der Waals surface area contributed by atoms with Crippen molar-refractivity contribution in [1.82, 2.24) is 19.5 Å². The van der Waals surface area contributed by atoms with Crippen LogP contribution in [-0.2, 0) is 39.2 Å². The molecule has 2 aromatic rings. The number of fused-ring (bicyclic) bond motifs is 1. The van der Waals surface area contributed by atoms with Crippen LogP contribution in [-0.4, -0.2) is 69.3 Å². The molecule has 0 aliphatic heterocycles. The number of aromatic amines is 1. The number of nitrogen functional groups attached to an aromatic ring is 1. The summed E-state index contributed by atoms with van der Waals surface area (Å²) in [5.74, 6) is -1.72. The highest BCUT2D eigenvalue weighted by atomic mass is 31.2. The van der Waals surface area contributed by atoms with Gasteiger partial charge in [0.2, 0.25) is 12.7 Å². The van der Waals surface area contributed by atoms with E-state index in [1.807, 2.05) is 0 Å². The van der Waals surface area contributed by atoms with Gasteiger partial charge in [-0.15, -0.1) is 0 Å². The fraction of sp³-hybridized carbons (Fsp3) is 0.588. The number of carbonyl (C=O) groups is 2. The number of imidazole rings is 1. The first-order valence-electron chi connectivity index (χ1n) is 9.60. The minimum atomic E-state index is -3.79. The Labute approximate surface area is 182 Å². The molecule has 14 nitrogen and oxygen atoms in total. The third kappa shape index (κ3) is 7.71. The van der Waals surface area contributed by atoms with Crippen LogP contribution >= 0.6 is 7.60 Å². The van der Waals surface area contributed by atoms with E-state index in [1.54, 1.807) is 4.57 Å². The number of carbonyl (C=O) groups excluding carboxylic acids is 2.